The Kier molecular flexibility index (Phi) is 8.24. The first kappa shape index (κ1) is 25.6. The summed E-state index contributed by atoms with van der Waals surface area (Å²) in [5, 5.41) is 13.9. The summed E-state index contributed by atoms with van der Waals surface area (Å²) in [7, 11) is 0. The zero-order chi connectivity index (χ0) is 24.9. The third-order valence-electron chi connectivity index (χ3n) is 5.48. The number of carbonyl (C=O) groups is 2. The second-order valence-corrected chi connectivity index (χ2v) is 7.87. The van der Waals surface area contributed by atoms with E-state index >= 15 is 0 Å². The molecule has 0 aliphatic carbocycles. The van der Waals surface area contributed by atoms with E-state index in [1.165, 1.54) is 54.3 Å². The average molecular weight is 483 g/mol. The number of halogens is 4. The lowest BCUT2D eigenvalue weighted by molar-refractivity contribution is -0.215. The predicted octanol–water partition coefficient (Wildman–Crippen LogP) is 2.63. The first-order valence-corrected chi connectivity index (χ1v) is 10.6. The van der Waals surface area contributed by atoms with Crippen molar-refractivity contribution in [2.75, 3.05) is 26.3 Å². The second-order valence-electron chi connectivity index (χ2n) is 7.87. The first-order valence-electron chi connectivity index (χ1n) is 10.6. The van der Waals surface area contributed by atoms with E-state index in [0.717, 1.165) is 0 Å². The highest BCUT2D eigenvalue weighted by molar-refractivity contribution is 5.95. The van der Waals surface area contributed by atoms with Crippen LogP contribution in [0.3, 0.4) is 0 Å². The highest BCUT2D eigenvalue weighted by Gasteiger charge is 2.39. The van der Waals surface area contributed by atoms with E-state index in [1.54, 1.807) is 6.07 Å². The monoisotopic (exact) mass is 483 g/mol. The van der Waals surface area contributed by atoms with E-state index in [9.17, 15) is 27.2 Å². The van der Waals surface area contributed by atoms with Crippen LogP contribution in [0.1, 0.15) is 39.2 Å². The van der Waals surface area contributed by atoms with Crippen LogP contribution in [0.15, 0.2) is 48.5 Å². The summed E-state index contributed by atoms with van der Waals surface area (Å²) in [5.74, 6) is -1.58. The zero-order valence-corrected chi connectivity index (χ0v) is 18.3. The molecule has 11 heteroatoms. The molecule has 0 aromatic heterocycles. The molecule has 0 radical (unpaired) electrons. The number of nitrogens with zero attached hydrogens (tertiary/aromatic N) is 1. The Morgan fingerprint density at radius 2 is 1.85 bits per heavy atom. The van der Waals surface area contributed by atoms with E-state index in [-0.39, 0.29) is 30.8 Å². The molecule has 3 atom stereocenters. The van der Waals surface area contributed by atoms with Crippen LogP contribution in [-0.2, 0) is 4.74 Å². The van der Waals surface area contributed by atoms with Gasteiger partial charge in [-0.15, -0.1) is 0 Å². The van der Waals surface area contributed by atoms with Gasteiger partial charge in [0.15, 0.2) is 0 Å². The summed E-state index contributed by atoms with van der Waals surface area (Å²) >= 11 is 0. The highest BCUT2D eigenvalue weighted by Crippen LogP contribution is 2.22. The lowest BCUT2D eigenvalue weighted by atomic mass is 10.1. The molecule has 3 N–H and O–H groups in total. The molecule has 3 unspecified atom stereocenters. The number of aliphatic hydroxyl groups excluding tert-OH is 1. The number of nitrogens with one attached hydrogen (secondary N) is 2. The molecule has 2 aromatic carbocycles. The van der Waals surface area contributed by atoms with Crippen molar-refractivity contribution in [2.24, 2.45) is 0 Å². The number of hydrogen-bond acceptors (Lipinski definition) is 5. The molecular weight excluding hydrogens is 458 g/mol. The molecule has 7 nitrogen and oxygen atoms in total. The van der Waals surface area contributed by atoms with E-state index in [0.29, 0.717) is 12.2 Å². The Bertz CT molecular complexity index is 1000. The molecule has 34 heavy (non-hydrogen) atoms. The number of benzene rings is 2. The summed E-state index contributed by atoms with van der Waals surface area (Å²) in [6.07, 6.45) is -7.46. The third kappa shape index (κ3) is 6.31. The highest BCUT2D eigenvalue weighted by atomic mass is 19.4. The average Bonchev–Trinajstić information content (AvgIpc) is 2.82. The molecule has 184 valence electrons. The van der Waals surface area contributed by atoms with Crippen LogP contribution in [0.5, 0.6) is 0 Å². The minimum absolute atomic E-state index is 0.0605. The maximum absolute atomic E-state index is 14.1. The van der Waals surface area contributed by atoms with Crippen molar-refractivity contribution in [2.45, 2.75) is 31.4 Å². The number of amides is 2. The molecule has 0 spiro atoms. The standard InChI is InChI=1S/C23H25F4N3O4/c1-14(29-22(33)23(25,26)27)15-6-8-16(9-7-15)20(31)28-12-17-13-34-11-10-30(17)21(32)18-4-2-3-5-19(18)24/h2-9,14,17,22,29,33H,10-13H2,1H3,(H,28,31). The molecule has 1 aliphatic rings. The number of rotatable bonds is 7. The van der Waals surface area contributed by atoms with Gasteiger partial charge in [-0.25, -0.2) is 4.39 Å². The summed E-state index contributed by atoms with van der Waals surface area (Å²) < 4.78 is 57.0. The third-order valence-corrected chi connectivity index (χ3v) is 5.48. The van der Waals surface area contributed by atoms with Gasteiger partial charge >= 0.3 is 6.18 Å². The normalized spacial score (nSPS) is 18.3. The van der Waals surface area contributed by atoms with Gasteiger partial charge in [-0.3, -0.25) is 14.9 Å². The van der Waals surface area contributed by atoms with Crippen molar-refractivity contribution in [3.63, 3.8) is 0 Å². The molecule has 1 saturated heterocycles. The maximum Gasteiger partial charge on any atom is 0.427 e. The molecular formula is C23H25F4N3O4. The van der Waals surface area contributed by atoms with Gasteiger partial charge in [0.25, 0.3) is 11.8 Å². The summed E-state index contributed by atoms with van der Waals surface area (Å²) in [5.41, 5.74) is 0.646. The predicted molar refractivity (Wildman–Crippen MR) is 114 cm³/mol. The topological polar surface area (TPSA) is 90.9 Å². The van der Waals surface area contributed by atoms with Gasteiger partial charge in [-0.1, -0.05) is 24.3 Å². The van der Waals surface area contributed by atoms with Crippen LogP contribution in [0, 0.1) is 5.82 Å². The molecule has 2 amide bonds. The largest absolute Gasteiger partial charge is 0.427 e. The van der Waals surface area contributed by atoms with Gasteiger partial charge < -0.3 is 20.1 Å². The Hall–Kier alpha value is -3.02. The van der Waals surface area contributed by atoms with Crippen molar-refractivity contribution in [3.8, 4) is 0 Å². The van der Waals surface area contributed by atoms with Crippen molar-refractivity contribution in [1.82, 2.24) is 15.5 Å². The molecule has 0 bridgehead atoms. The number of morpholine rings is 1. The fraction of sp³-hybridized carbons (Fsp3) is 0.391. The maximum atomic E-state index is 14.1. The van der Waals surface area contributed by atoms with Crippen molar-refractivity contribution in [1.29, 1.82) is 0 Å². The van der Waals surface area contributed by atoms with E-state index in [1.807, 2.05) is 5.32 Å². The Morgan fingerprint density at radius 3 is 2.50 bits per heavy atom. The van der Waals surface area contributed by atoms with Crippen molar-refractivity contribution >= 4 is 11.8 Å². The number of ether oxygens (including phenoxy) is 1. The number of alkyl halides is 3. The van der Waals surface area contributed by atoms with Crippen molar-refractivity contribution in [3.05, 3.63) is 71.0 Å². The SMILES string of the molecule is CC(NC(O)C(F)(F)F)c1ccc(C(=O)NCC2COCCN2C(=O)c2ccccc2F)cc1. The molecule has 1 aliphatic heterocycles. The second kappa shape index (κ2) is 10.9. The van der Waals surface area contributed by atoms with Gasteiger partial charge in [0.1, 0.15) is 5.82 Å². The summed E-state index contributed by atoms with van der Waals surface area (Å²) in [6, 6.07) is 10.2. The molecule has 0 saturated carbocycles. The van der Waals surface area contributed by atoms with Gasteiger partial charge in [-0.05, 0) is 36.8 Å². The molecule has 3 rings (SSSR count). The van der Waals surface area contributed by atoms with Gasteiger partial charge in [0.05, 0.1) is 24.8 Å². The van der Waals surface area contributed by atoms with Crippen LogP contribution < -0.4 is 10.6 Å². The minimum atomic E-state index is -4.79. The van der Waals surface area contributed by atoms with Crippen LogP contribution in [0.4, 0.5) is 17.6 Å². The summed E-state index contributed by atoms with van der Waals surface area (Å²) in [4.78, 5) is 26.8. The quantitative estimate of drug-likeness (QED) is 0.416. The van der Waals surface area contributed by atoms with E-state index in [4.69, 9.17) is 9.84 Å². The van der Waals surface area contributed by atoms with Gasteiger partial charge in [0.2, 0.25) is 6.23 Å². The number of aliphatic hydroxyl groups is 1. The Morgan fingerprint density at radius 1 is 1.18 bits per heavy atom. The lowest BCUT2D eigenvalue weighted by Gasteiger charge is -2.35. The van der Waals surface area contributed by atoms with Gasteiger partial charge in [-0.2, -0.15) is 13.2 Å². The minimum Gasteiger partial charge on any atom is -0.377 e. The lowest BCUT2D eigenvalue weighted by Crippen LogP contribution is -2.53. The smallest absolute Gasteiger partial charge is 0.377 e. The van der Waals surface area contributed by atoms with Crippen LogP contribution >= 0.6 is 0 Å². The number of hydrogen-bond donors (Lipinski definition) is 3. The van der Waals surface area contributed by atoms with Crippen LogP contribution in [0.2, 0.25) is 0 Å². The van der Waals surface area contributed by atoms with Gasteiger partial charge in [0, 0.05) is 24.7 Å². The summed E-state index contributed by atoms with van der Waals surface area (Å²) in [6.45, 7) is 2.23. The number of carbonyl (C=O) groups excluding carboxylic acids is 2. The van der Waals surface area contributed by atoms with E-state index < -0.39 is 42.1 Å². The Balaban J connectivity index is 1.59. The molecule has 1 fully saturated rings. The first-order chi connectivity index (χ1) is 16.1. The molecule has 2 aromatic rings. The van der Waals surface area contributed by atoms with Crippen LogP contribution in [0.25, 0.3) is 0 Å². The van der Waals surface area contributed by atoms with Crippen LogP contribution in [-0.4, -0.2) is 66.6 Å². The fourth-order valence-electron chi connectivity index (χ4n) is 3.54. The molecule has 1 heterocycles. The fourth-order valence-corrected chi connectivity index (χ4v) is 3.54. The Labute approximate surface area is 193 Å². The van der Waals surface area contributed by atoms with Crippen molar-refractivity contribution < 1.29 is 37.0 Å². The zero-order valence-electron chi connectivity index (χ0n) is 18.3. The van der Waals surface area contributed by atoms with E-state index in [2.05, 4.69) is 5.32 Å².